The largest absolute Gasteiger partial charge is 0.389 e. The molecule has 1 aromatic heterocycles. The Morgan fingerprint density at radius 3 is 2.49 bits per heavy atom. The molecule has 2 aromatic rings. The Bertz CT molecular complexity index is 1310. The fourth-order valence-corrected chi connectivity index (χ4v) is 5.55. The molecule has 202 valence electrons. The van der Waals surface area contributed by atoms with Crippen molar-refractivity contribution in [2.75, 3.05) is 12.8 Å². The van der Waals surface area contributed by atoms with Gasteiger partial charge in [-0.05, 0) is 49.8 Å². The fraction of sp³-hybridized carbons (Fsp3) is 0.542. The number of carbonyl (C=O) groups is 1. The zero-order chi connectivity index (χ0) is 27.6. The number of imidazole rings is 1. The maximum Gasteiger partial charge on any atom is 0.389 e. The maximum atomic E-state index is 14.9. The molecule has 0 radical (unpaired) electrons. The van der Waals surface area contributed by atoms with Crippen molar-refractivity contribution in [3.8, 4) is 11.8 Å². The van der Waals surface area contributed by atoms with E-state index < -0.39 is 51.4 Å². The Labute approximate surface area is 212 Å². The normalized spacial score (nSPS) is 20.4. The van der Waals surface area contributed by atoms with E-state index in [9.17, 15) is 41.1 Å². The van der Waals surface area contributed by atoms with Crippen LogP contribution in [0.5, 0.6) is 0 Å². The Balaban J connectivity index is 1.81. The lowest BCUT2D eigenvalue weighted by Gasteiger charge is -2.35. The van der Waals surface area contributed by atoms with E-state index in [-0.39, 0.29) is 67.1 Å². The van der Waals surface area contributed by atoms with Gasteiger partial charge in [-0.2, -0.15) is 18.4 Å². The zero-order valence-electron chi connectivity index (χ0n) is 20.4. The number of nitriles is 1. The van der Waals surface area contributed by atoms with Gasteiger partial charge >= 0.3 is 6.18 Å². The third-order valence-electron chi connectivity index (χ3n) is 6.58. The molecule has 1 saturated carbocycles. The number of halogens is 4. The average molecular weight is 545 g/mol. The topological polar surface area (TPSA) is 125 Å². The first-order valence-electron chi connectivity index (χ1n) is 11.7. The molecular formula is C24H28F4N4O4S. The summed E-state index contributed by atoms with van der Waals surface area (Å²) in [7, 11) is -3.23. The molecule has 0 aliphatic heterocycles. The van der Waals surface area contributed by atoms with Gasteiger partial charge in [-0.15, -0.1) is 0 Å². The Kier molecular flexibility index (Phi) is 8.34. The molecule has 0 atom stereocenters. The predicted molar refractivity (Wildman–Crippen MR) is 126 cm³/mol. The van der Waals surface area contributed by atoms with Crippen LogP contribution in [-0.2, 0) is 22.7 Å². The average Bonchev–Trinajstić information content (AvgIpc) is 3.19. The molecule has 1 amide bonds. The van der Waals surface area contributed by atoms with E-state index in [1.807, 2.05) is 6.07 Å². The number of amides is 1. The highest BCUT2D eigenvalue weighted by atomic mass is 32.2. The lowest BCUT2D eigenvalue weighted by Crippen LogP contribution is -2.47. The highest BCUT2D eigenvalue weighted by Gasteiger charge is 2.37. The van der Waals surface area contributed by atoms with Crippen LogP contribution >= 0.6 is 0 Å². The number of aromatic nitrogens is 2. The van der Waals surface area contributed by atoms with Crippen LogP contribution in [0.1, 0.15) is 66.6 Å². The minimum Gasteiger partial charge on any atom is -0.388 e. The summed E-state index contributed by atoms with van der Waals surface area (Å²) >= 11 is 0. The lowest BCUT2D eigenvalue weighted by atomic mass is 9.84. The van der Waals surface area contributed by atoms with Crippen LogP contribution in [-0.4, -0.2) is 58.8 Å². The number of nitrogens with zero attached hydrogens (tertiary/aromatic N) is 3. The van der Waals surface area contributed by atoms with Crippen molar-refractivity contribution in [1.82, 2.24) is 14.9 Å². The predicted octanol–water partition coefficient (Wildman–Crippen LogP) is 3.39. The van der Waals surface area contributed by atoms with Crippen molar-refractivity contribution in [2.45, 2.75) is 68.9 Å². The van der Waals surface area contributed by atoms with E-state index in [0.717, 1.165) is 16.9 Å². The molecule has 1 aliphatic rings. The minimum absolute atomic E-state index is 0.131. The second kappa shape index (κ2) is 10.8. The Morgan fingerprint density at radius 1 is 1.32 bits per heavy atom. The SMILES string of the molecule is CCc1nc(C(=O)NCC2(O)CCC(S(C)(=O)=O)CC2)c(C#N)n1-c1ccc(CCC(F)(F)F)cc1F. The molecule has 1 fully saturated rings. The number of rotatable bonds is 8. The number of hydrogen-bond donors (Lipinski definition) is 2. The van der Waals surface area contributed by atoms with Gasteiger partial charge < -0.3 is 10.4 Å². The van der Waals surface area contributed by atoms with E-state index in [0.29, 0.717) is 0 Å². The molecule has 37 heavy (non-hydrogen) atoms. The molecule has 0 spiro atoms. The van der Waals surface area contributed by atoms with E-state index in [1.165, 1.54) is 12.1 Å². The van der Waals surface area contributed by atoms with Gasteiger partial charge in [-0.3, -0.25) is 9.36 Å². The third kappa shape index (κ3) is 6.87. The van der Waals surface area contributed by atoms with Crippen molar-refractivity contribution in [1.29, 1.82) is 5.26 Å². The molecule has 13 heteroatoms. The molecule has 1 aliphatic carbocycles. The fourth-order valence-electron chi connectivity index (χ4n) is 4.46. The van der Waals surface area contributed by atoms with Gasteiger partial charge in [-0.25, -0.2) is 17.8 Å². The van der Waals surface area contributed by atoms with Crippen molar-refractivity contribution in [3.63, 3.8) is 0 Å². The third-order valence-corrected chi connectivity index (χ3v) is 8.26. The van der Waals surface area contributed by atoms with Crippen LogP contribution in [0, 0.1) is 17.1 Å². The summed E-state index contributed by atoms with van der Waals surface area (Å²) in [6.07, 6.45) is -3.70. The number of hydrogen-bond acceptors (Lipinski definition) is 6. The Hall–Kier alpha value is -2.98. The number of nitrogens with one attached hydrogen (secondary N) is 1. The van der Waals surface area contributed by atoms with Crippen molar-refractivity contribution in [3.05, 3.63) is 46.8 Å². The molecule has 1 heterocycles. The molecule has 8 nitrogen and oxygen atoms in total. The van der Waals surface area contributed by atoms with E-state index in [4.69, 9.17) is 0 Å². The van der Waals surface area contributed by atoms with Crippen molar-refractivity contribution in [2.24, 2.45) is 0 Å². The van der Waals surface area contributed by atoms with Gasteiger partial charge in [0.1, 0.15) is 27.5 Å². The summed E-state index contributed by atoms with van der Waals surface area (Å²) in [4.78, 5) is 17.1. The molecule has 2 N–H and O–H groups in total. The molecule has 1 aromatic carbocycles. The summed E-state index contributed by atoms with van der Waals surface area (Å²) in [5.74, 6) is -1.45. The van der Waals surface area contributed by atoms with Crippen LogP contribution in [0.15, 0.2) is 18.2 Å². The van der Waals surface area contributed by atoms with Gasteiger partial charge in [-0.1, -0.05) is 13.0 Å². The van der Waals surface area contributed by atoms with Crippen molar-refractivity contribution < 1.29 is 35.9 Å². The van der Waals surface area contributed by atoms with Crippen molar-refractivity contribution >= 4 is 15.7 Å². The van der Waals surface area contributed by atoms with E-state index in [1.54, 1.807) is 6.92 Å². The second-order valence-electron chi connectivity index (χ2n) is 9.36. The number of carbonyl (C=O) groups excluding carboxylic acids is 1. The van der Waals surface area contributed by atoms with Crippen LogP contribution in [0.25, 0.3) is 5.69 Å². The van der Waals surface area contributed by atoms with Gasteiger partial charge in [0.2, 0.25) is 0 Å². The molecule has 0 bridgehead atoms. The zero-order valence-corrected chi connectivity index (χ0v) is 21.2. The van der Waals surface area contributed by atoms with Crippen LogP contribution in [0.3, 0.4) is 0 Å². The number of sulfone groups is 1. The second-order valence-corrected chi connectivity index (χ2v) is 11.7. The monoisotopic (exact) mass is 544 g/mol. The molecule has 0 saturated heterocycles. The quantitative estimate of drug-likeness (QED) is 0.491. The first-order chi connectivity index (χ1) is 17.2. The number of aliphatic hydroxyl groups is 1. The highest BCUT2D eigenvalue weighted by molar-refractivity contribution is 7.91. The first-order valence-corrected chi connectivity index (χ1v) is 13.7. The lowest BCUT2D eigenvalue weighted by molar-refractivity contribution is -0.134. The Morgan fingerprint density at radius 2 is 1.97 bits per heavy atom. The van der Waals surface area contributed by atoms with Gasteiger partial charge in [0.15, 0.2) is 11.4 Å². The molecule has 3 rings (SSSR count). The highest BCUT2D eigenvalue weighted by Crippen LogP contribution is 2.31. The van der Waals surface area contributed by atoms with Crippen LogP contribution in [0.2, 0.25) is 0 Å². The molecule has 0 unspecified atom stereocenters. The van der Waals surface area contributed by atoms with Crippen LogP contribution in [0.4, 0.5) is 17.6 Å². The standard InChI is InChI=1S/C24H28F4N4O4S/c1-3-20-31-21(22(33)30-14-23(34)9-7-16(8-10-23)37(2,35)36)19(13-29)32(20)18-5-4-15(12-17(18)25)6-11-24(26,27)28/h4-5,12,16,34H,3,6-11,14H2,1-2H3,(H,30,33). The van der Waals surface area contributed by atoms with Gasteiger partial charge in [0.05, 0.1) is 16.5 Å². The van der Waals surface area contributed by atoms with Gasteiger partial charge in [0, 0.05) is 25.6 Å². The maximum absolute atomic E-state index is 14.9. The van der Waals surface area contributed by atoms with E-state index >= 15 is 0 Å². The van der Waals surface area contributed by atoms with E-state index in [2.05, 4.69) is 10.3 Å². The summed E-state index contributed by atoms with van der Waals surface area (Å²) in [6, 6.07) is 5.38. The van der Waals surface area contributed by atoms with Crippen LogP contribution < -0.4 is 5.32 Å². The minimum atomic E-state index is -4.38. The molecular weight excluding hydrogens is 516 g/mol. The summed E-state index contributed by atoms with van der Waals surface area (Å²) in [5.41, 5.74) is -1.86. The smallest absolute Gasteiger partial charge is 0.388 e. The first kappa shape index (κ1) is 28.6. The summed E-state index contributed by atoms with van der Waals surface area (Å²) in [5, 5.41) is 22.6. The number of benzene rings is 1. The summed E-state index contributed by atoms with van der Waals surface area (Å²) in [6.45, 7) is 1.49. The number of alkyl halides is 3. The summed E-state index contributed by atoms with van der Waals surface area (Å²) < 4.78 is 77.1. The van der Waals surface area contributed by atoms with Gasteiger partial charge in [0.25, 0.3) is 5.91 Å². The number of aryl methyl sites for hydroxylation is 2.